The summed E-state index contributed by atoms with van der Waals surface area (Å²) in [6.07, 6.45) is 0. The second-order valence-electron chi connectivity index (χ2n) is 4.06. The third-order valence-electron chi connectivity index (χ3n) is 2.69. The van der Waals surface area contributed by atoms with Gasteiger partial charge in [-0.25, -0.2) is 4.39 Å². The summed E-state index contributed by atoms with van der Waals surface area (Å²) in [5.41, 5.74) is 1.32. The summed E-state index contributed by atoms with van der Waals surface area (Å²) in [5.74, 6) is -0.106. The highest BCUT2D eigenvalue weighted by Crippen LogP contribution is 2.29. The first-order chi connectivity index (χ1) is 8.58. The fraction of sp³-hybridized carbons (Fsp3) is 0.143. The minimum absolute atomic E-state index is 0.106. The molecule has 0 aliphatic rings. The van der Waals surface area contributed by atoms with Crippen LogP contribution in [0.3, 0.4) is 0 Å². The molecule has 1 atom stereocenters. The zero-order valence-corrected chi connectivity index (χ0v) is 11.4. The minimum atomic E-state index is -0.309. The summed E-state index contributed by atoms with van der Waals surface area (Å²) in [6.45, 7) is 1.91. The molecule has 0 heterocycles. The largest absolute Gasteiger partial charge is 0.508 e. The lowest BCUT2D eigenvalue weighted by Gasteiger charge is -2.17. The summed E-state index contributed by atoms with van der Waals surface area (Å²) in [5, 5.41) is 12.5. The van der Waals surface area contributed by atoms with Crippen LogP contribution in [-0.2, 0) is 0 Å². The van der Waals surface area contributed by atoms with Gasteiger partial charge in [0.05, 0.1) is 5.69 Å². The van der Waals surface area contributed by atoms with Crippen molar-refractivity contribution in [3.63, 3.8) is 0 Å². The van der Waals surface area contributed by atoms with E-state index in [1.165, 1.54) is 6.07 Å². The lowest BCUT2D eigenvalue weighted by molar-refractivity contribution is 0.474. The number of hydrogen-bond acceptors (Lipinski definition) is 2. The molecule has 0 radical (unpaired) electrons. The SMILES string of the molecule is CC(Nc1c(F)cccc1Br)c1cccc(O)c1. The predicted molar refractivity (Wildman–Crippen MR) is 74.2 cm³/mol. The number of phenolic OH excluding ortho intramolecular Hbond substituents is 1. The number of hydrogen-bond donors (Lipinski definition) is 2. The van der Waals surface area contributed by atoms with Crippen molar-refractivity contribution in [1.82, 2.24) is 0 Å². The average molecular weight is 310 g/mol. The first kappa shape index (κ1) is 12.9. The highest BCUT2D eigenvalue weighted by molar-refractivity contribution is 9.10. The number of phenols is 1. The summed E-state index contributed by atoms with van der Waals surface area (Å²) in [6, 6.07) is 11.6. The predicted octanol–water partition coefficient (Wildman–Crippen LogP) is 4.47. The zero-order valence-electron chi connectivity index (χ0n) is 9.82. The Kier molecular flexibility index (Phi) is 3.87. The minimum Gasteiger partial charge on any atom is -0.508 e. The smallest absolute Gasteiger partial charge is 0.147 e. The molecule has 0 amide bonds. The van der Waals surface area contributed by atoms with Crippen LogP contribution in [0.1, 0.15) is 18.5 Å². The molecule has 2 nitrogen and oxygen atoms in total. The molecule has 2 aromatic carbocycles. The molecule has 0 spiro atoms. The normalized spacial score (nSPS) is 12.2. The van der Waals surface area contributed by atoms with Crippen molar-refractivity contribution < 1.29 is 9.50 Å². The van der Waals surface area contributed by atoms with Crippen LogP contribution in [0, 0.1) is 5.82 Å². The van der Waals surface area contributed by atoms with E-state index < -0.39 is 0 Å². The van der Waals surface area contributed by atoms with E-state index in [1.54, 1.807) is 30.3 Å². The van der Waals surface area contributed by atoms with Gasteiger partial charge in [0, 0.05) is 10.5 Å². The van der Waals surface area contributed by atoms with E-state index in [0.29, 0.717) is 10.2 Å². The number of benzene rings is 2. The lowest BCUT2D eigenvalue weighted by Crippen LogP contribution is -2.08. The maximum Gasteiger partial charge on any atom is 0.147 e. The summed E-state index contributed by atoms with van der Waals surface area (Å²) in [4.78, 5) is 0. The van der Waals surface area contributed by atoms with Crippen LogP contribution >= 0.6 is 15.9 Å². The van der Waals surface area contributed by atoms with E-state index in [0.717, 1.165) is 5.56 Å². The van der Waals surface area contributed by atoms with Crippen molar-refractivity contribution in [2.45, 2.75) is 13.0 Å². The van der Waals surface area contributed by atoms with Gasteiger partial charge in [-0.1, -0.05) is 18.2 Å². The Hall–Kier alpha value is -1.55. The molecule has 4 heteroatoms. The third kappa shape index (κ3) is 2.82. The number of aromatic hydroxyl groups is 1. The number of anilines is 1. The highest BCUT2D eigenvalue weighted by atomic mass is 79.9. The van der Waals surface area contributed by atoms with Crippen molar-refractivity contribution in [2.24, 2.45) is 0 Å². The Morgan fingerprint density at radius 3 is 2.61 bits per heavy atom. The third-order valence-corrected chi connectivity index (χ3v) is 3.35. The van der Waals surface area contributed by atoms with E-state index in [-0.39, 0.29) is 17.6 Å². The summed E-state index contributed by atoms with van der Waals surface area (Å²) < 4.78 is 14.3. The second-order valence-corrected chi connectivity index (χ2v) is 4.91. The Labute approximate surface area is 114 Å². The van der Waals surface area contributed by atoms with Gasteiger partial charge < -0.3 is 10.4 Å². The standard InChI is InChI=1S/C14H13BrFNO/c1-9(10-4-2-5-11(18)8-10)17-14-12(15)6-3-7-13(14)16/h2-9,17-18H,1H3. The topological polar surface area (TPSA) is 32.3 Å². The maximum absolute atomic E-state index is 13.7. The molecule has 0 bridgehead atoms. The molecule has 2 N–H and O–H groups in total. The van der Waals surface area contributed by atoms with Gasteiger partial charge in [-0.3, -0.25) is 0 Å². The zero-order chi connectivity index (χ0) is 13.1. The van der Waals surface area contributed by atoms with Gasteiger partial charge >= 0.3 is 0 Å². The van der Waals surface area contributed by atoms with E-state index in [2.05, 4.69) is 21.2 Å². The molecule has 0 aliphatic heterocycles. The number of para-hydroxylation sites is 1. The van der Waals surface area contributed by atoms with Crippen LogP contribution in [0.15, 0.2) is 46.9 Å². The molecule has 1 unspecified atom stereocenters. The van der Waals surface area contributed by atoms with Gasteiger partial charge in [0.1, 0.15) is 11.6 Å². The molecule has 0 saturated carbocycles. The molecular formula is C14H13BrFNO. The van der Waals surface area contributed by atoms with E-state index >= 15 is 0 Å². The van der Waals surface area contributed by atoms with E-state index in [1.807, 2.05) is 13.0 Å². The van der Waals surface area contributed by atoms with Gasteiger partial charge in [0.15, 0.2) is 0 Å². The Bertz CT molecular complexity index is 539. The van der Waals surface area contributed by atoms with Crippen LogP contribution in [0.4, 0.5) is 10.1 Å². The average Bonchev–Trinajstić information content (AvgIpc) is 2.34. The second kappa shape index (κ2) is 5.40. The van der Waals surface area contributed by atoms with Gasteiger partial charge in [-0.05, 0) is 52.7 Å². The van der Waals surface area contributed by atoms with Crippen molar-refractivity contribution in [1.29, 1.82) is 0 Å². The molecule has 94 valence electrons. The van der Waals surface area contributed by atoms with Crippen LogP contribution in [0.5, 0.6) is 5.75 Å². The van der Waals surface area contributed by atoms with Crippen LogP contribution < -0.4 is 5.32 Å². The van der Waals surface area contributed by atoms with Gasteiger partial charge in [-0.2, -0.15) is 0 Å². The van der Waals surface area contributed by atoms with Crippen molar-refractivity contribution in [3.05, 3.63) is 58.3 Å². The Morgan fingerprint density at radius 2 is 1.94 bits per heavy atom. The monoisotopic (exact) mass is 309 g/mol. The first-order valence-corrected chi connectivity index (χ1v) is 6.36. The van der Waals surface area contributed by atoms with Gasteiger partial charge in [0.2, 0.25) is 0 Å². The van der Waals surface area contributed by atoms with Crippen molar-refractivity contribution in [3.8, 4) is 5.75 Å². The first-order valence-electron chi connectivity index (χ1n) is 5.57. The molecule has 0 aliphatic carbocycles. The molecule has 2 aromatic rings. The van der Waals surface area contributed by atoms with Crippen LogP contribution in [0.2, 0.25) is 0 Å². The molecule has 18 heavy (non-hydrogen) atoms. The molecule has 0 fully saturated rings. The molecule has 0 aromatic heterocycles. The van der Waals surface area contributed by atoms with Gasteiger partial charge in [0.25, 0.3) is 0 Å². The highest BCUT2D eigenvalue weighted by Gasteiger charge is 2.11. The number of nitrogens with one attached hydrogen (secondary N) is 1. The maximum atomic E-state index is 13.7. The quantitative estimate of drug-likeness (QED) is 0.877. The molecule has 0 saturated heterocycles. The van der Waals surface area contributed by atoms with Gasteiger partial charge in [-0.15, -0.1) is 0 Å². The molecular weight excluding hydrogens is 297 g/mol. The van der Waals surface area contributed by atoms with Crippen molar-refractivity contribution >= 4 is 21.6 Å². The Morgan fingerprint density at radius 1 is 1.22 bits per heavy atom. The number of rotatable bonds is 3. The van der Waals surface area contributed by atoms with Crippen molar-refractivity contribution in [2.75, 3.05) is 5.32 Å². The summed E-state index contributed by atoms with van der Waals surface area (Å²) in [7, 11) is 0. The van der Waals surface area contributed by atoms with Crippen LogP contribution in [-0.4, -0.2) is 5.11 Å². The van der Waals surface area contributed by atoms with E-state index in [4.69, 9.17) is 0 Å². The summed E-state index contributed by atoms with van der Waals surface area (Å²) >= 11 is 3.31. The number of halogens is 2. The fourth-order valence-corrected chi connectivity index (χ4v) is 2.19. The fourth-order valence-electron chi connectivity index (χ4n) is 1.73. The lowest BCUT2D eigenvalue weighted by atomic mass is 10.1. The van der Waals surface area contributed by atoms with Crippen LogP contribution in [0.25, 0.3) is 0 Å². The Balaban J connectivity index is 2.24. The van der Waals surface area contributed by atoms with E-state index in [9.17, 15) is 9.50 Å². The molecule has 2 rings (SSSR count).